The fraction of sp³-hybridized carbons (Fsp3) is 0.158. The van der Waals surface area contributed by atoms with Gasteiger partial charge in [0.2, 0.25) is 6.54 Å². The normalized spacial score (nSPS) is 10.6. The van der Waals surface area contributed by atoms with Crippen LogP contribution in [-0.2, 0) is 11.3 Å². The first kappa shape index (κ1) is 16.6. The third-order valence-electron chi connectivity index (χ3n) is 4.16. The van der Waals surface area contributed by atoms with Crippen LogP contribution < -0.4 is 9.88 Å². The number of amides is 1. The van der Waals surface area contributed by atoms with Crippen molar-refractivity contribution in [3.05, 3.63) is 76.1 Å². The zero-order valence-corrected chi connectivity index (χ0v) is 14.0. The summed E-state index contributed by atoms with van der Waals surface area (Å²) in [6.07, 6.45) is 3.69. The Kier molecular flexibility index (Phi) is 4.43. The minimum Gasteiger partial charge on any atom is -0.315 e. The molecule has 126 valence electrons. The lowest BCUT2D eigenvalue weighted by atomic mass is 10.1. The van der Waals surface area contributed by atoms with E-state index in [0.717, 1.165) is 21.9 Å². The number of nitro groups is 1. The number of hydrogen-bond acceptors (Lipinski definition) is 3. The highest BCUT2D eigenvalue weighted by atomic mass is 16.6. The van der Waals surface area contributed by atoms with E-state index >= 15 is 0 Å². The number of nitrogens with zero attached hydrogens (tertiary/aromatic N) is 2. The number of fused-ring (bicyclic) bond motifs is 1. The van der Waals surface area contributed by atoms with Crippen LogP contribution in [0.25, 0.3) is 10.8 Å². The standard InChI is InChI=1S/C19H17N3O3/c1-13-9-17(18(22(24)25)10-14(13)2)20-19(23)12-21-8-7-15-5-3-4-6-16(15)11-21/h3-11H,12H2,1-2H3/p+1. The average molecular weight is 336 g/mol. The largest absolute Gasteiger partial charge is 0.315 e. The molecule has 0 bridgehead atoms. The van der Waals surface area contributed by atoms with Crippen molar-refractivity contribution in [2.45, 2.75) is 20.4 Å². The number of nitrogens with one attached hydrogen (secondary N) is 1. The lowest BCUT2D eigenvalue weighted by molar-refractivity contribution is -0.682. The molecule has 6 heteroatoms. The van der Waals surface area contributed by atoms with E-state index in [1.807, 2.05) is 49.6 Å². The predicted octanol–water partition coefficient (Wildman–Crippen LogP) is 3.29. The number of carbonyl (C=O) groups is 1. The van der Waals surface area contributed by atoms with Crippen molar-refractivity contribution in [3.63, 3.8) is 0 Å². The topological polar surface area (TPSA) is 76.1 Å². The summed E-state index contributed by atoms with van der Waals surface area (Å²) in [5.74, 6) is -0.313. The molecule has 0 spiro atoms. The van der Waals surface area contributed by atoms with Crippen molar-refractivity contribution in [2.24, 2.45) is 0 Å². The molecular formula is C19H18N3O3+. The summed E-state index contributed by atoms with van der Waals surface area (Å²) in [7, 11) is 0. The number of aryl methyl sites for hydroxylation is 2. The first-order valence-corrected chi connectivity index (χ1v) is 7.87. The van der Waals surface area contributed by atoms with Gasteiger partial charge in [-0.2, -0.15) is 4.57 Å². The highest BCUT2D eigenvalue weighted by molar-refractivity contribution is 5.92. The molecule has 0 radical (unpaired) electrons. The van der Waals surface area contributed by atoms with Crippen LogP contribution in [0.15, 0.2) is 54.9 Å². The van der Waals surface area contributed by atoms with Crippen LogP contribution in [0.5, 0.6) is 0 Å². The molecule has 1 heterocycles. The molecule has 3 rings (SSSR count). The average Bonchev–Trinajstić information content (AvgIpc) is 2.57. The zero-order chi connectivity index (χ0) is 18.0. The summed E-state index contributed by atoms with van der Waals surface area (Å²) in [5.41, 5.74) is 1.83. The van der Waals surface area contributed by atoms with Gasteiger partial charge in [-0.3, -0.25) is 14.9 Å². The minimum absolute atomic E-state index is 0.0783. The number of pyridine rings is 1. The Bertz CT molecular complexity index is 983. The molecule has 0 fully saturated rings. The SMILES string of the molecule is Cc1cc(NC(=O)C[n+]2ccc3ccccc3c2)c([N+](=O)[O-])cc1C. The summed E-state index contributed by atoms with van der Waals surface area (Å²) in [4.78, 5) is 23.1. The van der Waals surface area contributed by atoms with Crippen molar-refractivity contribution < 1.29 is 14.3 Å². The summed E-state index contributed by atoms with van der Waals surface area (Å²) in [6, 6.07) is 12.9. The van der Waals surface area contributed by atoms with Crippen molar-refractivity contribution in [1.29, 1.82) is 0 Å². The van der Waals surface area contributed by atoms with E-state index in [-0.39, 0.29) is 23.8 Å². The Hall–Kier alpha value is -3.28. The molecule has 1 N–H and O–H groups in total. The monoisotopic (exact) mass is 336 g/mol. The van der Waals surface area contributed by atoms with E-state index in [4.69, 9.17) is 0 Å². The Balaban J connectivity index is 1.82. The van der Waals surface area contributed by atoms with E-state index in [2.05, 4.69) is 5.32 Å². The van der Waals surface area contributed by atoms with Gasteiger partial charge in [-0.25, -0.2) is 0 Å². The summed E-state index contributed by atoms with van der Waals surface area (Å²) in [5, 5.41) is 16.0. The summed E-state index contributed by atoms with van der Waals surface area (Å²) >= 11 is 0. The van der Waals surface area contributed by atoms with Gasteiger partial charge >= 0.3 is 0 Å². The van der Waals surface area contributed by atoms with Gasteiger partial charge in [0.25, 0.3) is 11.6 Å². The van der Waals surface area contributed by atoms with E-state index in [1.165, 1.54) is 6.07 Å². The lowest BCUT2D eigenvalue weighted by Gasteiger charge is -2.08. The number of anilines is 1. The zero-order valence-electron chi connectivity index (χ0n) is 14.0. The molecule has 0 aliphatic carbocycles. The molecule has 0 atom stereocenters. The Morgan fingerprint density at radius 2 is 1.80 bits per heavy atom. The van der Waals surface area contributed by atoms with Crippen LogP contribution in [0.3, 0.4) is 0 Å². The molecule has 0 aliphatic rings. The maximum atomic E-state index is 12.3. The van der Waals surface area contributed by atoms with Crippen LogP contribution in [0, 0.1) is 24.0 Å². The molecule has 2 aromatic carbocycles. The van der Waals surface area contributed by atoms with Gasteiger partial charge in [0.1, 0.15) is 5.69 Å². The number of carbonyl (C=O) groups excluding carboxylic acids is 1. The molecule has 1 amide bonds. The van der Waals surface area contributed by atoms with Gasteiger partial charge < -0.3 is 5.32 Å². The van der Waals surface area contributed by atoms with Gasteiger partial charge in [0, 0.05) is 17.5 Å². The molecular weight excluding hydrogens is 318 g/mol. The van der Waals surface area contributed by atoms with E-state index in [1.54, 1.807) is 17.6 Å². The van der Waals surface area contributed by atoms with Gasteiger partial charge in [-0.05, 0) is 42.5 Å². The van der Waals surface area contributed by atoms with E-state index in [0.29, 0.717) is 0 Å². The number of aromatic nitrogens is 1. The number of hydrogen-bond donors (Lipinski definition) is 1. The Labute approximate surface area is 144 Å². The molecule has 0 saturated carbocycles. The third-order valence-corrected chi connectivity index (χ3v) is 4.16. The molecule has 0 aliphatic heterocycles. The van der Waals surface area contributed by atoms with Crippen molar-refractivity contribution in [2.75, 3.05) is 5.32 Å². The van der Waals surface area contributed by atoms with E-state index in [9.17, 15) is 14.9 Å². The van der Waals surface area contributed by atoms with Gasteiger partial charge in [-0.1, -0.05) is 18.2 Å². The van der Waals surface area contributed by atoms with Gasteiger partial charge in [-0.15, -0.1) is 0 Å². The lowest BCUT2D eigenvalue weighted by Crippen LogP contribution is -2.39. The van der Waals surface area contributed by atoms with Crippen LogP contribution >= 0.6 is 0 Å². The maximum absolute atomic E-state index is 12.3. The minimum atomic E-state index is -0.481. The molecule has 1 aromatic heterocycles. The van der Waals surface area contributed by atoms with Gasteiger partial charge in [0.15, 0.2) is 12.4 Å². The fourth-order valence-corrected chi connectivity index (χ4v) is 2.68. The quantitative estimate of drug-likeness (QED) is 0.451. The fourth-order valence-electron chi connectivity index (χ4n) is 2.68. The van der Waals surface area contributed by atoms with Crippen LogP contribution in [0.1, 0.15) is 11.1 Å². The first-order valence-electron chi connectivity index (χ1n) is 7.87. The maximum Gasteiger partial charge on any atom is 0.293 e. The second-order valence-corrected chi connectivity index (χ2v) is 6.00. The van der Waals surface area contributed by atoms with Crippen LogP contribution in [-0.4, -0.2) is 10.8 Å². The molecule has 6 nitrogen and oxygen atoms in total. The third kappa shape index (κ3) is 3.63. The van der Waals surface area contributed by atoms with E-state index < -0.39 is 4.92 Å². The highest BCUT2D eigenvalue weighted by Gasteiger charge is 2.19. The summed E-state index contributed by atoms with van der Waals surface area (Å²) in [6.45, 7) is 3.74. The van der Waals surface area contributed by atoms with Crippen molar-refractivity contribution in [3.8, 4) is 0 Å². The van der Waals surface area contributed by atoms with Crippen LogP contribution in [0.2, 0.25) is 0 Å². The van der Waals surface area contributed by atoms with Crippen molar-refractivity contribution in [1.82, 2.24) is 0 Å². The second kappa shape index (κ2) is 6.68. The Morgan fingerprint density at radius 1 is 1.12 bits per heavy atom. The number of benzene rings is 2. The number of nitro benzene ring substituents is 1. The molecule has 25 heavy (non-hydrogen) atoms. The first-order chi connectivity index (χ1) is 11.9. The molecule has 0 unspecified atom stereocenters. The summed E-state index contributed by atoms with van der Waals surface area (Å²) < 4.78 is 1.75. The number of rotatable bonds is 4. The van der Waals surface area contributed by atoms with Gasteiger partial charge in [0.05, 0.1) is 4.92 Å². The highest BCUT2D eigenvalue weighted by Crippen LogP contribution is 2.27. The Morgan fingerprint density at radius 3 is 2.52 bits per heavy atom. The molecule has 0 saturated heterocycles. The van der Waals surface area contributed by atoms with Crippen molar-refractivity contribution >= 4 is 28.1 Å². The second-order valence-electron chi connectivity index (χ2n) is 6.00. The smallest absolute Gasteiger partial charge is 0.293 e. The van der Waals surface area contributed by atoms with Crippen LogP contribution in [0.4, 0.5) is 11.4 Å². The molecule has 3 aromatic rings. The predicted molar refractivity (Wildman–Crippen MR) is 95.3 cm³/mol.